The molecule has 2 heterocycles. The molecule has 34 heavy (non-hydrogen) atoms. The molecule has 0 saturated carbocycles. The van der Waals surface area contributed by atoms with Gasteiger partial charge in [0.25, 0.3) is 5.91 Å². The third-order valence-corrected chi connectivity index (χ3v) is 6.37. The molecule has 1 aliphatic heterocycles. The molecule has 3 N–H and O–H groups in total. The van der Waals surface area contributed by atoms with Crippen LogP contribution < -0.4 is 10.6 Å². The number of carbonyl (C=O) groups is 2. The molecule has 1 aromatic heterocycles. The molecule has 0 radical (unpaired) electrons. The average molecular weight is 508 g/mol. The third-order valence-electron chi connectivity index (χ3n) is 5.08. The van der Waals surface area contributed by atoms with E-state index in [9.17, 15) is 22.8 Å². The Morgan fingerprint density at radius 1 is 1.21 bits per heavy atom. The molecule has 2 amide bonds. The number of hydrogen-bond acceptors (Lipinski definition) is 5. The second-order valence-corrected chi connectivity index (χ2v) is 8.74. The molecule has 2 aromatic carbocycles. The number of likely N-dealkylation sites (N-methyl/N-ethyl adjacent to an activating group) is 1. The van der Waals surface area contributed by atoms with Gasteiger partial charge in [0, 0.05) is 17.5 Å². The van der Waals surface area contributed by atoms with Crippen molar-refractivity contribution in [1.82, 2.24) is 20.8 Å². The van der Waals surface area contributed by atoms with E-state index in [0.717, 1.165) is 28.7 Å². The summed E-state index contributed by atoms with van der Waals surface area (Å²) in [7, 11) is 1.47. The third kappa shape index (κ3) is 5.10. The Kier molecular flexibility index (Phi) is 6.67. The molecule has 0 atom stereocenters. The zero-order valence-electron chi connectivity index (χ0n) is 17.6. The lowest BCUT2D eigenvalue weighted by atomic mass is 9.93. The van der Waals surface area contributed by atoms with Crippen LogP contribution in [0, 0.1) is 0 Å². The van der Waals surface area contributed by atoms with Gasteiger partial charge in [0.2, 0.25) is 5.91 Å². The second kappa shape index (κ2) is 9.51. The van der Waals surface area contributed by atoms with Crippen LogP contribution in [-0.2, 0) is 22.2 Å². The number of alkyl halides is 3. The van der Waals surface area contributed by atoms with Crippen molar-refractivity contribution in [2.75, 3.05) is 13.6 Å². The highest BCUT2D eigenvalue weighted by atomic mass is 35.5. The number of allylic oxidation sites excluding steroid dienone is 1. The van der Waals surface area contributed by atoms with E-state index in [1.54, 1.807) is 24.4 Å². The number of carbonyl (C=O) groups excluding carboxylic acids is 2. The summed E-state index contributed by atoms with van der Waals surface area (Å²) in [4.78, 5) is 28.4. The van der Waals surface area contributed by atoms with Crippen LogP contribution in [0.2, 0.25) is 5.02 Å². The SMILES string of the molecule is CNC(=O)CNC1=NC(=O)C(=C(Cc2ccc(Cl)cc2C(F)(F)F)c2ccc3[nH]ncc3c2)S1. The van der Waals surface area contributed by atoms with Gasteiger partial charge in [0.1, 0.15) is 0 Å². The highest BCUT2D eigenvalue weighted by Crippen LogP contribution is 2.39. The maximum atomic E-state index is 13.7. The number of fused-ring (bicyclic) bond motifs is 1. The number of aliphatic imine (C=N–C) groups is 1. The number of amidine groups is 1. The molecule has 0 unspecified atom stereocenters. The van der Waals surface area contributed by atoms with Crippen molar-refractivity contribution in [2.45, 2.75) is 12.6 Å². The van der Waals surface area contributed by atoms with E-state index >= 15 is 0 Å². The zero-order valence-corrected chi connectivity index (χ0v) is 19.2. The zero-order chi connectivity index (χ0) is 24.5. The first-order valence-electron chi connectivity index (χ1n) is 9.93. The van der Waals surface area contributed by atoms with Crippen molar-refractivity contribution in [3.8, 4) is 0 Å². The predicted octanol–water partition coefficient (Wildman–Crippen LogP) is 4.15. The molecule has 1 aliphatic rings. The van der Waals surface area contributed by atoms with Crippen molar-refractivity contribution in [3.05, 3.63) is 69.2 Å². The van der Waals surface area contributed by atoms with Gasteiger partial charge in [0.05, 0.1) is 28.7 Å². The molecule has 176 valence electrons. The standard InChI is InChI=1S/C22H17ClF3N5O2S/c1-27-18(32)10-28-21-30-20(33)19(34-21)15(11-3-5-17-13(6-11)9-29-31-17)7-12-2-4-14(23)8-16(12)22(24,25)26/h2-6,8-9H,7,10H2,1H3,(H,27,32)(H,29,31)(H,28,30,33). The maximum absolute atomic E-state index is 13.7. The second-order valence-electron chi connectivity index (χ2n) is 7.31. The lowest BCUT2D eigenvalue weighted by molar-refractivity contribution is -0.138. The summed E-state index contributed by atoms with van der Waals surface area (Å²) in [5.74, 6) is -0.913. The monoisotopic (exact) mass is 507 g/mol. The Morgan fingerprint density at radius 3 is 2.74 bits per heavy atom. The average Bonchev–Trinajstić information content (AvgIpc) is 3.41. The van der Waals surface area contributed by atoms with Crippen LogP contribution in [-0.4, -0.2) is 40.8 Å². The van der Waals surface area contributed by atoms with Gasteiger partial charge in [-0.3, -0.25) is 14.7 Å². The van der Waals surface area contributed by atoms with Crippen molar-refractivity contribution in [3.63, 3.8) is 0 Å². The summed E-state index contributed by atoms with van der Waals surface area (Å²) in [5.41, 5.74) is 0.746. The Morgan fingerprint density at radius 2 is 2.00 bits per heavy atom. The molecule has 7 nitrogen and oxygen atoms in total. The summed E-state index contributed by atoms with van der Waals surface area (Å²) in [6, 6.07) is 8.74. The summed E-state index contributed by atoms with van der Waals surface area (Å²) < 4.78 is 41.2. The van der Waals surface area contributed by atoms with Gasteiger partial charge in [-0.05, 0) is 59.1 Å². The van der Waals surface area contributed by atoms with Gasteiger partial charge in [-0.25, -0.2) is 0 Å². The largest absolute Gasteiger partial charge is 0.416 e. The molecular formula is C22H17ClF3N5O2S. The van der Waals surface area contributed by atoms with E-state index in [4.69, 9.17) is 11.6 Å². The van der Waals surface area contributed by atoms with E-state index in [1.807, 2.05) is 0 Å². The van der Waals surface area contributed by atoms with E-state index in [-0.39, 0.29) is 39.5 Å². The molecule has 0 saturated heterocycles. The van der Waals surface area contributed by atoms with Crippen LogP contribution in [0.3, 0.4) is 0 Å². The van der Waals surface area contributed by atoms with E-state index in [2.05, 4.69) is 25.8 Å². The smallest absolute Gasteiger partial charge is 0.358 e. The lowest BCUT2D eigenvalue weighted by Gasteiger charge is -2.16. The summed E-state index contributed by atoms with van der Waals surface area (Å²) in [5, 5.41) is 12.9. The Bertz CT molecular complexity index is 1350. The molecule has 12 heteroatoms. The first-order valence-corrected chi connectivity index (χ1v) is 11.1. The Labute approximate surface area is 200 Å². The van der Waals surface area contributed by atoms with Gasteiger partial charge < -0.3 is 10.6 Å². The number of H-pyrrole nitrogens is 1. The summed E-state index contributed by atoms with van der Waals surface area (Å²) in [6.45, 7) is -0.103. The van der Waals surface area contributed by atoms with Crippen LogP contribution in [0.25, 0.3) is 16.5 Å². The fourth-order valence-electron chi connectivity index (χ4n) is 3.42. The van der Waals surface area contributed by atoms with Crippen molar-refractivity contribution < 1.29 is 22.8 Å². The normalized spacial score (nSPS) is 15.4. The summed E-state index contributed by atoms with van der Waals surface area (Å²) in [6.07, 6.45) is -3.24. The topological polar surface area (TPSA) is 99.2 Å². The van der Waals surface area contributed by atoms with E-state index < -0.39 is 17.6 Å². The predicted molar refractivity (Wildman–Crippen MR) is 125 cm³/mol. The lowest BCUT2D eigenvalue weighted by Crippen LogP contribution is -2.33. The van der Waals surface area contributed by atoms with Crippen LogP contribution in [0.1, 0.15) is 16.7 Å². The van der Waals surface area contributed by atoms with Gasteiger partial charge >= 0.3 is 6.18 Å². The number of aromatic amines is 1. The molecule has 0 fully saturated rings. The molecule has 4 rings (SSSR count). The number of amides is 2. The van der Waals surface area contributed by atoms with Crippen LogP contribution in [0.15, 0.2) is 52.5 Å². The van der Waals surface area contributed by atoms with Gasteiger partial charge in [-0.15, -0.1) is 0 Å². The van der Waals surface area contributed by atoms with E-state index in [1.165, 1.54) is 19.2 Å². The number of nitrogens with zero attached hydrogens (tertiary/aromatic N) is 2. The Balaban J connectivity index is 1.78. The highest BCUT2D eigenvalue weighted by Gasteiger charge is 2.35. The number of hydrogen-bond donors (Lipinski definition) is 3. The first kappa shape index (κ1) is 23.8. The highest BCUT2D eigenvalue weighted by molar-refractivity contribution is 8.18. The number of halogens is 4. The fourth-order valence-corrected chi connectivity index (χ4v) is 4.50. The molecular weight excluding hydrogens is 491 g/mol. The fraction of sp³-hybridized carbons (Fsp3) is 0.182. The number of rotatable bonds is 5. The van der Waals surface area contributed by atoms with Crippen LogP contribution >= 0.6 is 23.4 Å². The molecule has 0 spiro atoms. The first-order chi connectivity index (χ1) is 16.2. The number of aromatic nitrogens is 2. The number of nitrogens with one attached hydrogen (secondary N) is 3. The molecule has 0 aliphatic carbocycles. The van der Waals surface area contributed by atoms with Crippen LogP contribution in [0.5, 0.6) is 0 Å². The van der Waals surface area contributed by atoms with Gasteiger partial charge in [-0.1, -0.05) is 23.7 Å². The molecule has 0 bridgehead atoms. The number of benzene rings is 2. The van der Waals surface area contributed by atoms with Crippen molar-refractivity contribution in [2.24, 2.45) is 4.99 Å². The van der Waals surface area contributed by atoms with Gasteiger partial charge in [-0.2, -0.15) is 23.3 Å². The van der Waals surface area contributed by atoms with Crippen molar-refractivity contribution >= 4 is 56.8 Å². The summed E-state index contributed by atoms with van der Waals surface area (Å²) >= 11 is 6.81. The minimum Gasteiger partial charge on any atom is -0.358 e. The van der Waals surface area contributed by atoms with Crippen LogP contribution in [0.4, 0.5) is 13.2 Å². The quantitative estimate of drug-likeness (QED) is 0.450. The van der Waals surface area contributed by atoms with Gasteiger partial charge in [0.15, 0.2) is 5.17 Å². The Hall–Kier alpha value is -3.31. The number of thioether (sulfide) groups is 1. The maximum Gasteiger partial charge on any atom is 0.416 e. The minimum atomic E-state index is -4.63. The minimum absolute atomic E-state index is 0.0353. The van der Waals surface area contributed by atoms with Crippen molar-refractivity contribution in [1.29, 1.82) is 0 Å². The van der Waals surface area contributed by atoms with E-state index in [0.29, 0.717) is 11.1 Å². The molecule has 3 aromatic rings.